The van der Waals surface area contributed by atoms with Crippen LogP contribution in [0.2, 0.25) is 5.02 Å². The van der Waals surface area contributed by atoms with Gasteiger partial charge in [-0.2, -0.15) is 0 Å². The summed E-state index contributed by atoms with van der Waals surface area (Å²) in [5.41, 5.74) is 3.36. The Bertz CT molecular complexity index is 1480. The summed E-state index contributed by atoms with van der Waals surface area (Å²) in [5.74, 6) is 0.500. The summed E-state index contributed by atoms with van der Waals surface area (Å²) in [4.78, 5) is 15.7. The SMILES string of the molecule is CCC[C@@H]1CC/C=C/[C@H](O)[C@@H]2CC[C@H]2CN2C[C@@]3(CCCc4cc(Cl)ccc43)COc3ccc(cc32)C(=O)NS1(=O)=O. The van der Waals surface area contributed by atoms with Crippen LogP contribution in [0, 0.1) is 11.8 Å². The number of benzene rings is 2. The summed E-state index contributed by atoms with van der Waals surface area (Å²) >= 11 is 6.39. The van der Waals surface area contributed by atoms with Crippen LogP contribution in [0.4, 0.5) is 5.69 Å². The van der Waals surface area contributed by atoms with Crippen LogP contribution in [0.25, 0.3) is 0 Å². The standard InChI is InChI=1S/C33H41ClN2O5S/c1-2-6-26-8-3-4-9-30(37)27-13-10-24(27)19-36-20-33(16-5-7-22-17-25(34)12-14-28(22)33)21-41-31-15-11-23(18-29(31)36)32(38)35-42(26,39)40/h4,9,11-12,14-15,17-18,24,26-27,30,37H,2-3,5-8,10,13,16,19-21H2,1H3,(H,35,38)/b9-4+/t24-,26+,27+,30-,33-/m0/s1. The lowest BCUT2D eigenvalue weighted by molar-refractivity contribution is 0.0456. The van der Waals surface area contributed by atoms with Crippen LogP contribution in [0.3, 0.4) is 0 Å². The monoisotopic (exact) mass is 612 g/mol. The molecule has 1 spiro atoms. The number of aliphatic hydroxyl groups is 1. The van der Waals surface area contributed by atoms with Gasteiger partial charge in [-0.25, -0.2) is 13.1 Å². The fourth-order valence-corrected chi connectivity index (χ4v) is 9.25. The van der Waals surface area contributed by atoms with Gasteiger partial charge in [0.15, 0.2) is 0 Å². The van der Waals surface area contributed by atoms with Crippen molar-refractivity contribution in [2.24, 2.45) is 11.8 Å². The maximum Gasteiger partial charge on any atom is 0.264 e. The summed E-state index contributed by atoms with van der Waals surface area (Å²) < 4.78 is 35.5. The quantitative estimate of drug-likeness (QED) is 0.418. The average Bonchev–Trinajstić information content (AvgIpc) is 3.09. The highest BCUT2D eigenvalue weighted by Gasteiger charge is 2.44. The molecule has 6 rings (SSSR count). The van der Waals surface area contributed by atoms with E-state index < -0.39 is 27.3 Å². The molecule has 5 atom stereocenters. The molecule has 2 aromatic carbocycles. The van der Waals surface area contributed by atoms with Gasteiger partial charge < -0.3 is 14.7 Å². The highest BCUT2D eigenvalue weighted by molar-refractivity contribution is 7.90. The van der Waals surface area contributed by atoms with Crippen molar-refractivity contribution in [1.82, 2.24) is 4.72 Å². The number of rotatable bonds is 2. The lowest BCUT2D eigenvalue weighted by Crippen LogP contribution is -2.49. The first kappa shape index (κ1) is 29.5. The number of fused-ring (bicyclic) bond motifs is 4. The van der Waals surface area contributed by atoms with Gasteiger partial charge in [0.2, 0.25) is 10.0 Å². The Balaban J connectivity index is 1.41. The van der Waals surface area contributed by atoms with E-state index in [0.29, 0.717) is 56.1 Å². The maximum atomic E-state index is 13.4. The van der Waals surface area contributed by atoms with E-state index >= 15 is 0 Å². The molecule has 9 heteroatoms. The number of ether oxygens (including phenoxy) is 1. The van der Waals surface area contributed by atoms with E-state index in [4.69, 9.17) is 16.3 Å². The van der Waals surface area contributed by atoms with E-state index in [-0.39, 0.29) is 11.3 Å². The number of amides is 1. The van der Waals surface area contributed by atoms with Gasteiger partial charge in [0.05, 0.1) is 23.6 Å². The number of aliphatic hydroxyl groups excluding tert-OH is 1. The highest BCUT2D eigenvalue weighted by atomic mass is 35.5. The minimum absolute atomic E-state index is 0.136. The van der Waals surface area contributed by atoms with Gasteiger partial charge in [-0.3, -0.25) is 4.79 Å². The zero-order valence-electron chi connectivity index (χ0n) is 24.2. The highest BCUT2D eigenvalue weighted by Crippen LogP contribution is 2.46. The molecule has 7 nitrogen and oxygen atoms in total. The number of carbonyl (C=O) groups is 1. The van der Waals surface area contributed by atoms with E-state index in [9.17, 15) is 18.3 Å². The summed E-state index contributed by atoms with van der Waals surface area (Å²) in [6.07, 6.45) is 10.2. The number of anilines is 1. The van der Waals surface area contributed by atoms with E-state index in [1.807, 2.05) is 25.1 Å². The number of allylic oxidation sites excluding steroid dienone is 1. The average molecular weight is 613 g/mol. The van der Waals surface area contributed by atoms with E-state index in [2.05, 4.69) is 21.8 Å². The molecule has 1 fully saturated rings. The smallest absolute Gasteiger partial charge is 0.264 e. The predicted octanol–water partition coefficient (Wildman–Crippen LogP) is 5.78. The molecule has 1 amide bonds. The topological polar surface area (TPSA) is 95.9 Å². The molecule has 42 heavy (non-hydrogen) atoms. The Kier molecular flexibility index (Phi) is 8.33. The first-order chi connectivity index (χ1) is 20.2. The zero-order chi connectivity index (χ0) is 29.5. The number of nitrogens with zero attached hydrogens (tertiary/aromatic N) is 1. The van der Waals surface area contributed by atoms with Crippen LogP contribution in [0.5, 0.6) is 5.75 Å². The largest absolute Gasteiger partial charge is 0.490 e. The Morgan fingerprint density at radius 3 is 2.81 bits per heavy atom. The molecule has 2 aliphatic heterocycles. The Labute approximate surface area is 254 Å². The van der Waals surface area contributed by atoms with Gasteiger partial charge in [0.25, 0.3) is 5.91 Å². The third-order valence-corrected chi connectivity index (χ3v) is 12.0. The third kappa shape index (κ3) is 5.70. The molecule has 2 aromatic rings. The second-order valence-corrected chi connectivity index (χ2v) is 15.1. The molecule has 0 unspecified atom stereocenters. The van der Waals surface area contributed by atoms with Crippen LogP contribution < -0.4 is 14.4 Å². The van der Waals surface area contributed by atoms with Gasteiger partial charge in [-0.05, 0) is 105 Å². The van der Waals surface area contributed by atoms with Gasteiger partial charge in [-0.1, -0.05) is 43.2 Å². The van der Waals surface area contributed by atoms with Crippen LogP contribution in [-0.2, 0) is 21.9 Å². The Hall–Kier alpha value is -2.55. The van der Waals surface area contributed by atoms with Gasteiger partial charge >= 0.3 is 0 Å². The minimum atomic E-state index is -3.89. The zero-order valence-corrected chi connectivity index (χ0v) is 25.8. The second kappa shape index (κ2) is 11.9. The third-order valence-electron chi connectivity index (χ3n) is 9.94. The van der Waals surface area contributed by atoms with Crippen LogP contribution in [0.15, 0.2) is 48.6 Å². The molecule has 2 bridgehead atoms. The fraction of sp³-hybridized carbons (Fsp3) is 0.545. The summed E-state index contributed by atoms with van der Waals surface area (Å²) in [6, 6.07) is 11.4. The Morgan fingerprint density at radius 2 is 2.02 bits per heavy atom. The first-order valence-electron chi connectivity index (χ1n) is 15.4. The first-order valence-corrected chi connectivity index (χ1v) is 17.3. The van der Waals surface area contributed by atoms with Crippen LogP contribution >= 0.6 is 11.6 Å². The Morgan fingerprint density at radius 1 is 1.17 bits per heavy atom. The van der Waals surface area contributed by atoms with Crippen molar-refractivity contribution in [3.05, 3.63) is 70.3 Å². The lowest BCUT2D eigenvalue weighted by atomic mass is 9.68. The molecule has 2 aliphatic carbocycles. The molecular weight excluding hydrogens is 572 g/mol. The lowest BCUT2D eigenvalue weighted by Gasteiger charge is -2.45. The number of hydrogen-bond acceptors (Lipinski definition) is 6. The van der Waals surface area contributed by atoms with Crippen LogP contribution in [-0.4, -0.2) is 50.5 Å². The minimum Gasteiger partial charge on any atom is -0.490 e. The van der Waals surface area contributed by atoms with Crippen molar-refractivity contribution in [2.75, 3.05) is 24.6 Å². The maximum absolute atomic E-state index is 13.4. The van der Waals surface area contributed by atoms with Gasteiger partial charge in [0, 0.05) is 29.1 Å². The molecular formula is C33H41ClN2O5S. The second-order valence-electron chi connectivity index (χ2n) is 12.7. The number of carbonyl (C=O) groups excluding carboxylic acids is 1. The predicted molar refractivity (Wildman–Crippen MR) is 166 cm³/mol. The van der Waals surface area contributed by atoms with E-state index in [0.717, 1.165) is 49.4 Å². The normalized spacial score (nSPS) is 31.5. The van der Waals surface area contributed by atoms with Crippen molar-refractivity contribution >= 4 is 33.2 Å². The molecule has 1 saturated carbocycles. The molecule has 0 aromatic heterocycles. The number of halogens is 1. The molecule has 0 saturated heterocycles. The fourth-order valence-electron chi connectivity index (χ4n) is 7.52. The molecule has 0 radical (unpaired) electrons. The van der Waals surface area contributed by atoms with Crippen molar-refractivity contribution < 1.29 is 23.1 Å². The number of nitrogens with one attached hydrogen (secondary N) is 1. The summed E-state index contributed by atoms with van der Waals surface area (Å²) in [7, 11) is -3.89. The van der Waals surface area contributed by atoms with Crippen molar-refractivity contribution in [3.8, 4) is 5.75 Å². The van der Waals surface area contributed by atoms with E-state index in [1.54, 1.807) is 18.2 Å². The van der Waals surface area contributed by atoms with Gasteiger partial charge in [0.1, 0.15) is 5.75 Å². The van der Waals surface area contributed by atoms with Gasteiger partial charge in [-0.15, -0.1) is 0 Å². The number of sulfonamides is 1. The number of aryl methyl sites for hydroxylation is 1. The van der Waals surface area contributed by atoms with Crippen molar-refractivity contribution in [3.63, 3.8) is 0 Å². The summed E-state index contributed by atoms with van der Waals surface area (Å²) in [5, 5.41) is 11.2. The molecule has 2 heterocycles. The van der Waals surface area contributed by atoms with Crippen molar-refractivity contribution in [1.29, 1.82) is 0 Å². The number of hydrogen-bond donors (Lipinski definition) is 2. The summed E-state index contributed by atoms with van der Waals surface area (Å²) in [6.45, 7) is 3.87. The molecule has 226 valence electrons. The molecule has 2 N–H and O–H groups in total. The molecule has 4 aliphatic rings. The van der Waals surface area contributed by atoms with E-state index in [1.165, 1.54) is 11.1 Å². The van der Waals surface area contributed by atoms with Crippen molar-refractivity contribution in [2.45, 2.75) is 81.5 Å². The van der Waals surface area contributed by atoms with Crippen LogP contribution in [0.1, 0.15) is 79.8 Å².